The quantitative estimate of drug-likeness (QED) is 0.861. The van der Waals surface area contributed by atoms with Crippen molar-refractivity contribution in [2.24, 2.45) is 5.73 Å². The van der Waals surface area contributed by atoms with E-state index in [4.69, 9.17) is 5.73 Å². The Labute approximate surface area is 131 Å². The van der Waals surface area contributed by atoms with Gasteiger partial charge in [0.05, 0.1) is 0 Å². The van der Waals surface area contributed by atoms with Gasteiger partial charge in [0, 0.05) is 15.7 Å². The number of halogens is 2. The molecule has 1 atom stereocenters. The highest BCUT2D eigenvalue weighted by Gasteiger charge is 2.39. The Hall–Kier alpha value is -1.88. The molecule has 0 heterocycles. The predicted octanol–water partition coefficient (Wildman–Crippen LogP) is 3.79. The van der Waals surface area contributed by atoms with E-state index in [0.717, 1.165) is 4.47 Å². The highest BCUT2D eigenvalue weighted by atomic mass is 79.9. The van der Waals surface area contributed by atoms with Crippen molar-refractivity contribution in [2.45, 2.75) is 18.9 Å². The Balaban J connectivity index is 2.53. The summed E-state index contributed by atoms with van der Waals surface area (Å²) < 4.78 is 15.0. The lowest BCUT2D eigenvalue weighted by atomic mass is 9.85. The van der Waals surface area contributed by atoms with Crippen molar-refractivity contribution < 1.29 is 9.18 Å². The summed E-state index contributed by atoms with van der Waals surface area (Å²) in [6.07, 6.45) is 0.329. The molecule has 2 aromatic carbocycles. The maximum absolute atomic E-state index is 14.2. The second-order valence-corrected chi connectivity index (χ2v) is 5.65. The average molecular weight is 351 g/mol. The molecule has 0 bridgehead atoms. The van der Waals surface area contributed by atoms with Crippen LogP contribution in [0.5, 0.6) is 0 Å². The number of carbonyl (C=O) groups is 1. The second kappa shape index (κ2) is 6.26. The zero-order valence-corrected chi connectivity index (χ0v) is 13.2. The first-order valence-corrected chi connectivity index (χ1v) is 7.37. The summed E-state index contributed by atoms with van der Waals surface area (Å²) in [7, 11) is 0. The number of nitrogens with two attached hydrogens (primary N) is 1. The molecule has 0 aromatic heterocycles. The monoisotopic (exact) mass is 350 g/mol. The van der Waals surface area contributed by atoms with Crippen LogP contribution in [0.25, 0.3) is 0 Å². The molecule has 21 heavy (non-hydrogen) atoms. The molecule has 0 spiro atoms. The summed E-state index contributed by atoms with van der Waals surface area (Å²) in [5.74, 6) is -1.07. The first kappa shape index (κ1) is 15.5. The van der Waals surface area contributed by atoms with Gasteiger partial charge in [-0.05, 0) is 30.7 Å². The van der Waals surface area contributed by atoms with Gasteiger partial charge < -0.3 is 11.1 Å². The minimum Gasteiger partial charge on any atom is -0.368 e. The Morgan fingerprint density at radius 2 is 2.00 bits per heavy atom. The molecule has 1 amide bonds. The molecule has 110 valence electrons. The maximum atomic E-state index is 14.2. The smallest absolute Gasteiger partial charge is 0.247 e. The van der Waals surface area contributed by atoms with Crippen molar-refractivity contribution in [3.8, 4) is 0 Å². The van der Waals surface area contributed by atoms with Crippen LogP contribution in [0, 0.1) is 5.82 Å². The van der Waals surface area contributed by atoms with Gasteiger partial charge in [0.15, 0.2) is 0 Å². The Kier molecular flexibility index (Phi) is 4.63. The first-order valence-electron chi connectivity index (χ1n) is 6.58. The van der Waals surface area contributed by atoms with Gasteiger partial charge in [0.1, 0.15) is 11.4 Å². The molecule has 3 nitrogen and oxygen atoms in total. The van der Waals surface area contributed by atoms with Gasteiger partial charge in [-0.25, -0.2) is 4.39 Å². The van der Waals surface area contributed by atoms with Crippen LogP contribution in [0.15, 0.2) is 53.0 Å². The summed E-state index contributed by atoms with van der Waals surface area (Å²) >= 11 is 3.37. The van der Waals surface area contributed by atoms with Crippen molar-refractivity contribution in [3.05, 3.63) is 64.4 Å². The van der Waals surface area contributed by atoms with Gasteiger partial charge in [-0.1, -0.05) is 47.1 Å². The van der Waals surface area contributed by atoms with Crippen molar-refractivity contribution in [2.75, 3.05) is 5.32 Å². The van der Waals surface area contributed by atoms with Gasteiger partial charge in [-0.15, -0.1) is 0 Å². The fourth-order valence-electron chi connectivity index (χ4n) is 2.33. The third-order valence-electron chi connectivity index (χ3n) is 3.47. The van der Waals surface area contributed by atoms with Crippen LogP contribution in [-0.2, 0) is 10.3 Å². The van der Waals surface area contributed by atoms with Gasteiger partial charge in [-0.2, -0.15) is 0 Å². The number of rotatable bonds is 5. The highest BCUT2D eigenvalue weighted by molar-refractivity contribution is 9.10. The van der Waals surface area contributed by atoms with Crippen LogP contribution < -0.4 is 11.1 Å². The summed E-state index contributed by atoms with van der Waals surface area (Å²) in [4.78, 5) is 12.1. The van der Waals surface area contributed by atoms with Gasteiger partial charge in [0.2, 0.25) is 5.91 Å². The van der Waals surface area contributed by atoms with Crippen molar-refractivity contribution in [1.82, 2.24) is 0 Å². The summed E-state index contributed by atoms with van der Waals surface area (Å²) in [6, 6.07) is 13.5. The van der Waals surface area contributed by atoms with Crippen molar-refractivity contribution in [1.29, 1.82) is 0 Å². The molecule has 0 saturated heterocycles. The molecule has 0 radical (unpaired) electrons. The highest BCUT2D eigenvalue weighted by Crippen LogP contribution is 2.32. The van der Waals surface area contributed by atoms with Crippen LogP contribution >= 0.6 is 15.9 Å². The Morgan fingerprint density at radius 3 is 2.57 bits per heavy atom. The van der Waals surface area contributed by atoms with E-state index in [0.29, 0.717) is 12.1 Å². The molecule has 0 aliphatic rings. The van der Waals surface area contributed by atoms with E-state index >= 15 is 0 Å². The van der Waals surface area contributed by atoms with Gasteiger partial charge in [-0.3, -0.25) is 4.79 Å². The molecule has 2 aromatic rings. The molecule has 5 heteroatoms. The van der Waals surface area contributed by atoms with Crippen LogP contribution in [0.2, 0.25) is 0 Å². The molecule has 0 fully saturated rings. The second-order valence-electron chi connectivity index (χ2n) is 4.74. The third kappa shape index (κ3) is 3.08. The summed E-state index contributed by atoms with van der Waals surface area (Å²) in [6.45, 7) is 1.79. The molecule has 0 saturated carbocycles. The molecule has 1 unspecified atom stereocenters. The lowest BCUT2D eigenvalue weighted by molar-refractivity contribution is -0.122. The van der Waals surface area contributed by atoms with E-state index in [9.17, 15) is 9.18 Å². The number of benzene rings is 2. The number of anilines is 1. The van der Waals surface area contributed by atoms with Crippen LogP contribution in [-0.4, -0.2) is 5.91 Å². The van der Waals surface area contributed by atoms with E-state index in [1.54, 1.807) is 31.2 Å². The normalized spacial score (nSPS) is 13.5. The third-order valence-corrected chi connectivity index (χ3v) is 3.96. The lowest BCUT2D eigenvalue weighted by Gasteiger charge is -2.32. The minimum atomic E-state index is -1.29. The Bertz CT molecular complexity index is 662. The van der Waals surface area contributed by atoms with Crippen LogP contribution in [0.4, 0.5) is 10.1 Å². The van der Waals surface area contributed by atoms with Crippen LogP contribution in [0.3, 0.4) is 0 Å². The number of amides is 1. The predicted molar refractivity (Wildman–Crippen MR) is 85.3 cm³/mol. The zero-order valence-electron chi connectivity index (χ0n) is 11.6. The van der Waals surface area contributed by atoms with E-state index in [-0.39, 0.29) is 5.56 Å². The topological polar surface area (TPSA) is 55.1 Å². The maximum Gasteiger partial charge on any atom is 0.247 e. The van der Waals surface area contributed by atoms with Crippen molar-refractivity contribution >= 4 is 27.5 Å². The molecule has 0 aliphatic heterocycles. The number of primary amides is 1. The van der Waals surface area contributed by atoms with Gasteiger partial charge in [0.25, 0.3) is 0 Å². The summed E-state index contributed by atoms with van der Waals surface area (Å²) in [5, 5.41) is 3.10. The van der Waals surface area contributed by atoms with E-state index in [1.807, 2.05) is 18.2 Å². The van der Waals surface area contributed by atoms with E-state index in [1.165, 1.54) is 6.07 Å². The number of hydrogen-bond donors (Lipinski definition) is 2. The Morgan fingerprint density at radius 1 is 1.29 bits per heavy atom. The fourth-order valence-corrected chi connectivity index (χ4v) is 2.73. The fraction of sp³-hybridized carbons (Fsp3) is 0.188. The number of carbonyl (C=O) groups excluding carboxylic acids is 1. The van der Waals surface area contributed by atoms with E-state index in [2.05, 4.69) is 21.2 Å². The molecular weight excluding hydrogens is 335 g/mol. The van der Waals surface area contributed by atoms with E-state index < -0.39 is 17.3 Å². The number of hydrogen-bond acceptors (Lipinski definition) is 2. The van der Waals surface area contributed by atoms with Crippen molar-refractivity contribution in [3.63, 3.8) is 0 Å². The average Bonchev–Trinajstić information content (AvgIpc) is 2.45. The molecule has 0 aliphatic carbocycles. The molecule has 2 rings (SSSR count). The zero-order chi connectivity index (χ0) is 15.5. The van der Waals surface area contributed by atoms with Gasteiger partial charge >= 0.3 is 0 Å². The largest absolute Gasteiger partial charge is 0.368 e. The molecular formula is C16H16BrFN2O. The van der Waals surface area contributed by atoms with Crippen LogP contribution in [0.1, 0.15) is 18.9 Å². The first-order chi connectivity index (χ1) is 9.99. The standard InChI is InChI=1S/C16H16BrFN2O/c1-2-16(15(19)21,13-8-3-4-9-14(13)18)20-12-7-5-6-11(17)10-12/h3-10,20H,2H2,1H3,(H2,19,21). The lowest BCUT2D eigenvalue weighted by Crippen LogP contribution is -2.48. The number of nitrogens with one attached hydrogen (secondary N) is 1. The SMILES string of the molecule is CCC(Nc1cccc(Br)c1)(C(N)=O)c1ccccc1F. The summed E-state index contributed by atoms with van der Waals surface area (Å²) in [5.41, 5.74) is 5.24. The minimum absolute atomic E-state index is 0.250. The molecule has 3 N–H and O–H groups in total.